The second-order valence-corrected chi connectivity index (χ2v) is 8.00. The van der Waals surface area contributed by atoms with Crippen LogP contribution < -0.4 is 5.32 Å². The van der Waals surface area contributed by atoms with Crippen LogP contribution in [-0.2, 0) is 9.59 Å². The number of likely N-dealkylation sites (N-methyl/N-ethyl adjacent to an activating group) is 1. The van der Waals surface area contributed by atoms with Crippen molar-refractivity contribution in [3.63, 3.8) is 0 Å². The van der Waals surface area contributed by atoms with E-state index in [-0.39, 0.29) is 30.0 Å². The molecule has 6 nitrogen and oxygen atoms in total. The summed E-state index contributed by atoms with van der Waals surface area (Å²) in [7, 11) is 0. The summed E-state index contributed by atoms with van der Waals surface area (Å²) in [5, 5.41) is 22.7. The molecule has 0 radical (unpaired) electrons. The summed E-state index contributed by atoms with van der Waals surface area (Å²) >= 11 is 0. The Kier molecular flexibility index (Phi) is 5.86. The maximum absolute atomic E-state index is 12.0. The molecule has 134 valence electrons. The molecule has 1 heterocycles. The topological polar surface area (TPSA) is 89.9 Å². The Labute approximate surface area is 139 Å². The average molecular weight is 328 g/mol. The number of carboxylic acids is 2. The van der Waals surface area contributed by atoms with Crippen LogP contribution in [0.1, 0.15) is 67.2 Å². The smallest absolute Gasteiger partial charge is 0.324 e. The van der Waals surface area contributed by atoms with Crippen molar-refractivity contribution in [2.24, 2.45) is 0 Å². The molecule has 0 unspecified atom stereocenters. The minimum Gasteiger partial charge on any atom is -0.481 e. The van der Waals surface area contributed by atoms with E-state index < -0.39 is 17.5 Å². The second-order valence-electron chi connectivity index (χ2n) is 8.00. The summed E-state index contributed by atoms with van der Waals surface area (Å²) in [6.07, 6.45) is 1.47. The van der Waals surface area contributed by atoms with Gasteiger partial charge in [0.05, 0.1) is 6.42 Å². The van der Waals surface area contributed by atoms with E-state index in [0.29, 0.717) is 6.54 Å². The molecule has 3 N–H and O–H groups in total. The molecule has 1 fully saturated rings. The first-order valence-corrected chi connectivity index (χ1v) is 8.40. The van der Waals surface area contributed by atoms with Gasteiger partial charge in [0.2, 0.25) is 0 Å². The molecular formula is C17H32N2O4. The van der Waals surface area contributed by atoms with Crippen molar-refractivity contribution in [2.45, 2.75) is 89.9 Å². The van der Waals surface area contributed by atoms with Gasteiger partial charge in [-0.15, -0.1) is 0 Å². The lowest BCUT2D eigenvalue weighted by atomic mass is 9.76. The maximum atomic E-state index is 12.0. The van der Waals surface area contributed by atoms with Crippen LogP contribution in [0.4, 0.5) is 0 Å². The highest BCUT2D eigenvalue weighted by Gasteiger charge is 2.50. The Morgan fingerprint density at radius 2 is 1.61 bits per heavy atom. The number of piperidine rings is 1. The third kappa shape index (κ3) is 4.44. The Hall–Kier alpha value is -1.14. The number of carbonyl (C=O) groups is 2. The predicted octanol–water partition coefficient (Wildman–Crippen LogP) is 2.33. The molecule has 6 heteroatoms. The van der Waals surface area contributed by atoms with Crippen LogP contribution in [0.25, 0.3) is 0 Å². The lowest BCUT2D eigenvalue weighted by Gasteiger charge is -2.53. The van der Waals surface area contributed by atoms with Crippen molar-refractivity contribution in [3.05, 3.63) is 0 Å². The van der Waals surface area contributed by atoms with E-state index in [2.05, 4.69) is 33.0 Å². The predicted molar refractivity (Wildman–Crippen MR) is 89.6 cm³/mol. The van der Waals surface area contributed by atoms with Crippen molar-refractivity contribution < 1.29 is 19.8 Å². The molecule has 0 aromatic carbocycles. The van der Waals surface area contributed by atoms with Crippen molar-refractivity contribution >= 4 is 11.9 Å². The van der Waals surface area contributed by atoms with Crippen LogP contribution in [0.15, 0.2) is 0 Å². The van der Waals surface area contributed by atoms with Crippen molar-refractivity contribution in [2.75, 3.05) is 6.54 Å². The summed E-state index contributed by atoms with van der Waals surface area (Å²) < 4.78 is 0. The second kappa shape index (κ2) is 6.77. The Morgan fingerprint density at radius 3 is 1.91 bits per heavy atom. The van der Waals surface area contributed by atoms with Gasteiger partial charge in [-0.05, 0) is 53.5 Å². The zero-order valence-corrected chi connectivity index (χ0v) is 15.3. The number of nitrogens with zero attached hydrogens (tertiary/aromatic N) is 1. The lowest BCUT2D eigenvalue weighted by molar-refractivity contribution is -0.162. The van der Waals surface area contributed by atoms with Gasteiger partial charge in [0.25, 0.3) is 0 Å². The first-order chi connectivity index (χ1) is 10.4. The van der Waals surface area contributed by atoms with Crippen LogP contribution in [-0.4, -0.2) is 56.3 Å². The van der Waals surface area contributed by atoms with Crippen LogP contribution in [0.3, 0.4) is 0 Å². The summed E-state index contributed by atoms with van der Waals surface area (Å²) in [6, 6.07) is 0.0293. The van der Waals surface area contributed by atoms with E-state index in [1.165, 1.54) is 0 Å². The van der Waals surface area contributed by atoms with Gasteiger partial charge in [-0.25, -0.2) is 0 Å². The van der Waals surface area contributed by atoms with E-state index in [1.54, 1.807) is 6.92 Å². The molecule has 1 atom stereocenters. The molecule has 0 aliphatic carbocycles. The van der Waals surface area contributed by atoms with E-state index in [4.69, 9.17) is 0 Å². The lowest BCUT2D eigenvalue weighted by Crippen LogP contribution is -2.67. The number of rotatable bonds is 7. The van der Waals surface area contributed by atoms with Crippen molar-refractivity contribution in [1.29, 1.82) is 0 Å². The highest BCUT2D eigenvalue weighted by atomic mass is 16.4. The fourth-order valence-electron chi connectivity index (χ4n) is 4.43. The SMILES string of the molecule is CCN(C1CC(C)(C)NC(C)(C)C1)[C@@](CC)(CC(=O)O)C(=O)O. The Balaban J connectivity index is 3.26. The average Bonchev–Trinajstić information content (AvgIpc) is 2.33. The number of carboxylic acid groups (broad SMARTS) is 2. The Bertz CT molecular complexity index is 446. The number of hydrogen-bond acceptors (Lipinski definition) is 4. The van der Waals surface area contributed by atoms with E-state index in [9.17, 15) is 19.8 Å². The molecule has 0 amide bonds. The highest BCUT2D eigenvalue weighted by Crippen LogP contribution is 2.37. The van der Waals surface area contributed by atoms with E-state index in [0.717, 1.165) is 12.8 Å². The van der Waals surface area contributed by atoms with Gasteiger partial charge < -0.3 is 15.5 Å². The van der Waals surface area contributed by atoms with Gasteiger partial charge >= 0.3 is 11.9 Å². The summed E-state index contributed by atoms with van der Waals surface area (Å²) in [6.45, 7) is 12.6. The molecule has 1 aliphatic rings. The zero-order valence-electron chi connectivity index (χ0n) is 15.3. The van der Waals surface area contributed by atoms with Crippen LogP contribution in [0.5, 0.6) is 0 Å². The maximum Gasteiger partial charge on any atom is 0.324 e. The summed E-state index contributed by atoms with van der Waals surface area (Å²) in [4.78, 5) is 25.3. The van der Waals surface area contributed by atoms with E-state index >= 15 is 0 Å². The van der Waals surface area contributed by atoms with Crippen LogP contribution in [0.2, 0.25) is 0 Å². The minimum atomic E-state index is -1.35. The fourth-order valence-corrected chi connectivity index (χ4v) is 4.43. The summed E-state index contributed by atoms with van der Waals surface area (Å²) in [5.41, 5.74) is -1.60. The number of aliphatic carboxylic acids is 2. The van der Waals surface area contributed by atoms with Gasteiger partial charge in [0, 0.05) is 17.1 Å². The molecule has 0 aromatic rings. The first-order valence-electron chi connectivity index (χ1n) is 8.40. The Morgan fingerprint density at radius 1 is 1.13 bits per heavy atom. The molecule has 1 rings (SSSR count). The molecular weight excluding hydrogens is 296 g/mol. The largest absolute Gasteiger partial charge is 0.481 e. The molecule has 0 saturated carbocycles. The zero-order chi connectivity index (χ0) is 18.1. The quantitative estimate of drug-likeness (QED) is 0.664. The van der Waals surface area contributed by atoms with Gasteiger partial charge in [0.1, 0.15) is 5.54 Å². The summed E-state index contributed by atoms with van der Waals surface area (Å²) in [5.74, 6) is -2.11. The standard InChI is InChI=1S/C17H32N2O4/c1-7-17(14(22)23,11-13(20)21)19(8-2)12-9-15(3,4)18-16(5,6)10-12/h12,18H,7-11H2,1-6H3,(H,20,21)(H,22,23)/t17-/m0/s1. The normalized spacial score (nSPS) is 23.4. The number of nitrogens with one attached hydrogen (secondary N) is 1. The van der Waals surface area contributed by atoms with Gasteiger partial charge in [-0.1, -0.05) is 13.8 Å². The minimum absolute atomic E-state index is 0.0293. The van der Waals surface area contributed by atoms with E-state index in [1.807, 2.05) is 11.8 Å². The molecule has 0 bridgehead atoms. The number of hydrogen-bond donors (Lipinski definition) is 3. The van der Waals surface area contributed by atoms with Gasteiger partial charge in [0.15, 0.2) is 0 Å². The molecule has 0 spiro atoms. The molecule has 23 heavy (non-hydrogen) atoms. The molecule has 1 saturated heterocycles. The van der Waals surface area contributed by atoms with Gasteiger partial charge in [-0.3, -0.25) is 14.5 Å². The first kappa shape index (κ1) is 19.9. The van der Waals surface area contributed by atoms with Crippen LogP contribution in [0, 0.1) is 0 Å². The monoisotopic (exact) mass is 328 g/mol. The third-order valence-electron chi connectivity index (χ3n) is 4.93. The van der Waals surface area contributed by atoms with Crippen molar-refractivity contribution in [1.82, 2.24) is 10.2 Å². The molecule has 1 aliphatic heterocycles. The highest BCUT2D eigenvalue weighted by molar-refractivity contribution is 5.85. The third-order valence-corrected chi connectivity index (χ3v) is 4.93. The molecule has 0 aromatic heterocycles. The van der Waals surface area contributed by atoms with Crippen LogP contribution >= 0.6 is 0 Å². The van der Waals surface area contributed by atoms with Gasteiger partial charge in [-0.2, -0.15) is 0 Å². The van der Waals surface area contributed by atoms with Crippen molar-refractivity contribution in [3.8, 4) is 0 Å². The fraction of sp³-hybridized carbons (Fsp3) is 0.882.